The Morgan fingerprint density at radius 2 is 2.00 bits per heavy atom. The molecule has 0 saturated heterocycles. The SMILES string of the molecule is COC(=O)c1cscc1S(=O)(=O)N(/N=C/c1ccccc1)C(=N)N. The van der Waals surface area contributed by atoms with Crippen LogP contribution in [-0.4, -0.2) is 38.1 Å². The van der Waals surface area contributed by atoms with Crippen molar-refractivity contribution in [3.63, 3.8) is 0 Å². The van der Waals surface area contributed by atoms with Gasteiger partial charge in [-0.1, -0.05) is 30.3 Å². The number of hydrogen-bond acceptors (Lipinski definition) is 7. The molecule has 0 unspecified atom stereocenters. The summed E-state index contributed by atoms with van der Waals surface area (Å²) in [4.78, 5) is 11.4. The van der Waals surface area contributed by atoms with Crippen LogP contribution in [-0.2, 0) is 14.8 Å². The minimum Gasteiger partial charge on any atom is -0.465 e. The van der Waals surface area contributed by atoms with Crippen molar-refractivity contribution in [3.05, 3.63) is 52.2 Å². The Hall–Kier alpha value is -2.72. The quantitative estimate of drug-likeness (QED) is 0.358. The van der Waals surface area contributed by atoms with E-state index >= 15 is 0 Å². The van der Waals surface area contributed by atoms with Gasteiger partial charge in [-0.2, -0.15) is 24.9 Å². The summed E-state index contributed by atoms with van der Waals surface area (Å²) in [5.74, 6) is -1.60. The molecule has 2 rings (SSSR count). The Bertz CT molecular complexity index is 875. The topological polar surface area (TPSA) is 126 Å². The average Bonchev–Trinajstić information content (AvgIpc) is 3.05. The summed E-state index contributed by atoms with van der Waals surface area (Å²) >= 11 is 1.01. The van der Waals surface area contributed by atoms with Crippen LogP contribution in [0.5, 0.6) is 0 Å². The van der Waals surface area contributed by atoms with Crippen LogP contribution >= 0.6 is 11.3 Å². The lowest BCUT2D eigenvalue weighted by atomic mass is 10.2. The number of sulfonamides is 1. The van der Waals surface area contributed by atoms with Gasteiger partial charge in [0.2, 0.25) is 5.96 Å². The Kier molecular flexibility index (Phi) is 5.31. The van der Waals surface area contributed by atoms with Crippen LogP contribution in [0.2, 0.25) is 0 Å². The fraction of sp³-hybridized carbons (Fsp3) is 0.0714. The molecule has 3 N–H and O–H groups in total. The molecule has 0 atom stereocenters. The lowest BCUT2D eigenvalue weighted by molar-refractivity contribution is 0.0597. The van der Waals surface area contributed by atoms with E-state index in [1.54, 1.807) is 30.3 Å². The largest absolute Gasteiger partial charge is 0.465 e. The summed E-state index contributed by atoms with van der Waals surface area (Å²) in [6, 6.07) is 8.72. The van der Waals surface area contributed by atoms with Gasteiger partial charge in [-0.3, -0.25) is 5.41 Å². The number of nitrogens with two attached hydrogens (primary N) is 1. The molecule has 126 valence electrons. The summed E-state index contributed by atoms with van der Waals surface area (Å²) in [6.07, 6.45) is 1.25. The third-order valence-corrected chi connectivity index (χ3v) is 5.39. The highest BCUT2D eigenvalue weighted by atomic mass is 32.2. The van der Waals surface area contributed by atoms with Crippen molar-refractivity contribution in [2.75, 3.05) is 7.11 Å². The number of esters is 1. The number of nitrogens with zero attached hydrogens (tertiary/aromatic N) is 2. The van der Waals surface area contributed by atoms with E-state index in [1.165, 1.54) is 17.0 Å². The number of carbonyl (C=O) groups excluding carboxylic acids is 1. The maximum atomic E-state index is 12.7. The summed E-state index contributed by atoms with van der Waals surface area (Å²) in [6.45, 7) is 0. The molecule has 1 heterocycles. The highest BCUT2D eigenvalue weighted by molar-refractivity contribution is 7.89. The zero-order valence-electron chi connectivity index (χ0n) is 12.5. The molecular weight excluding hydrogens is 352 g/mol. The second-order valence-corrected chi connectivity index (χ2v) is 6.91. The third-order valence-electron chi connectivity index (χ3n) is 2.85. The molecule has 0 spiro atoms. The molecule has 10 heteroatoms. The first-order valence-corrected chi connectivity index (χ1v) is 8.89. The van der Waals surface area contributed by atoms with Crippen LogP contribution < -0.4 is 5.73 Å². The van der Waals surface area contributed by atoms with Crippen LogP contribution in [0.15, 0.2) is 51.1 Å². The van der Waals surface area contributed by atoms with E-state index < -0.39 is 22.0 Å². The normalized spacial score (nSPS) is 11.4. The van der Waals surface area contributed by atoms with Crippen molar-refractivity contribution >= 4 is 39.5 Å². The maximum absolute atomic E-state index is 12.7. The second-order valence-electron chi connectivity index (χ2n) is 4.43. The van der Waals surface area contributed by atoms with E-state index in [1.807, 2.05) is 0 Å². The van der Waals surface area contributed by atoms with Gasteiger partial charge in [-0.15, -0.1) is 4.41 Å². The van der Waals surface area contributed by atoms with E-state index in [4.69, 9.17) is 11.1 Å². The number of carbonyl (C=O) groups is 1. The van der Waals surface area contributed by atoms with Crippen LogP contribution in [0.25, 0.3) is 0 Å². The first kappa shape index (κ1) is 17.6. The van der Waals surface area contributed by atoms with Crippen LogP contribution in [0.1, 0.15) is 15.9 Å². The van der Waals surface area contributed by atoms with Crippen molar-refractivity contribution in [3.8, 4) is 0 Å². The molecular formula is C14H14N4O4S2. The Balaban J connectivity index is 2.44. The Labute approximate surface area is 142 Å². The van der Waals surface area contributed by atoms with Crippen molar-refractivity contribution < 1.29 is 17.9 Å². The Morgan fingerprint density at radius 3 is 2.58 bits per heavy atom. The number of ether oxygens (including phenoxy) is 1. The predicted molar refractivity (Wildman–Crippen MR) is 90.6 cm³/mol. The smallest absolute Gasteiger partial charge is 0.340 e. The van der Waals surface area contributed by atoms with Gasteiger partial charge in [0.25, 0.3) is 10.0 Å². The lowest BCUT2D eigenvalue weighted by Crippen LogP contribution is -2.37. The van der Waals surface area contributed by atoms with Crippen molar-refractivity contribution in [2.24, 2.45) is 10.8 Å². The number of rotatable bonds is 5. The zero-order chi connectivity index (χ0) is 17.7. The van der Waals surface area contributed by atoms with Gasteiger partial charge < -0.3 is 10.5 Å². The van der Waals surface area contributed by atoms with Gasteiger partial charge in [-0.25, -0.2) is 4.79 Å². The number of methoxy groups -OCH3 is 1. The van der Waals surface area contributed by atoms with E-state index in [2.05, 4.69) is 9.84 Å². The van der Waals surface area contributed by atoms with Gasteiger partial charge in [0.05, 0.1) is 18.9 Å². The molecule has 0 aliphatic carbocycles. The van der Waals surface area contributed by atoms with Gasteiger partial charge in [0.1, 0.15) is 4.90 Å². The monoisotopic (exact) mass is 366 g/mol. The highest BCUT2D eigenvalue weighted by Crippen LogP contribution is 2.25. The molecule has 0 bridgehead atoms. The van der Waals surface area contributed by atoms with E-state index in [0.717, 1.165) is 18.4 Å². The number of nitrogens with one attached hydrogen (secondary N) is 1. The number of hydrogen-bond donors (Lipinski definition) is 2. The van der Waals surface area contributed by atoms with Gasteiger partial charge in [0.15, 0.2) is 0 Å². The molecule has 24 heavy (non-hydrogen) atoms. The maximum Gasteiger partial charge on any atom is 0.340 e. The summed E-state index contributed by atoms with van der Waals surface area (Å²) in [5.41, 5.74) is 5.84. The molecule has 2 aromatic rings. The first-order valence-electron chi connectivity index (χ1n) is 6.51. The standard InChI is InChI=1S/C14H14N4O4S2/c1-22-13(19)11-8-23-9-12(11)24(20,21)18(14(15)16)17-7-10-5-3-2-4-6-10/h2-9H,1H3,(H3,15,16)/b17-7+. The fourth-order valence-corrected chi connectivity index (χ4v) is 4.19. The van der Waals surface area contributed by atoms with Crippen LogP contribution in [0, 0.1) is 5.41 Å². The number of hydrazone groups is 1. The minimum absolute atomic E-state index is 0.135. The molecule has 0 saturated carbocycles. The predicted octanol–water partition coefficient (Wildman–Crippen LogP) is 1.45. The number of guanidine groups is 1. The van der Waals surface area contributed by atoms with Crippen LogP contribution in [0.3, 0.4) is 0 Å². The number of benzene rings is 1. The molecule has 1 aromatic carbocycles. The van der Waals surface area contributed by atoms with Gasteiger partial charge >= 0.3 is 5.97 Å². The van der Waals surface area contributed by atoms with E-state index in [9.17, 15) is 13.2 Å². The molecule has 0 aliphatic rings. The van der Waals surface area contributed by atoms with E-state index in [-0.39, 0.29) is 10.5 Å². The third kappa shape index (κ3) is 3.60. The Morgan fingerprint density at radius 1 is 1.33 bits per heavy atom. The summed E-state index contributed by atoms with van der Waals surface area (Å²) in [5, 5.41) is 13.9. The molecule has 0 aliphatic heterocycles. The van der Waals surface area contributed by atoms with Gasteiger partial charge in [0, 0.05) is 10.8 Å². The summed E-state index contributed by atoms with van der Waals surface area (Å²) in [7, 11) is -3.17. The molecule has 8 nitrogen and oxygen atoms in total. The molecule has 0 radical (unpaired) electrons. The van der Waals surface area contributed by atoms with E-state index in [0.29, 0.717) is 9.98 Å². The minimum atomic E-state index is -4.32. The van der Waals surface area contributed by atoms with Crippen LogP contribution in [0.4, 0.5) is 0 Å². The number of thiophene rings is 1. The summed E-state index contributed by atoms with van der Waals surface area (Å²) < 4.78 is 30.3. The molecule has 0 amide bonds. The van der Waals surface area contributed by atoms with Crippen molar-refractivity contribution in [1.82, 2.24) is 4.41 Å². The highest BCUT2D eigenvalue weighted by Gasteiger charge is 2.31. The second kappa shape index (κ2) is 7.23. The lowest BCUT2D eigenvalue weighted by Gasteiger charge is -2.16. The van der Waals surface area contributed by atoms with Crippen molar-refractivity contribution in [2.45, 2.75) is 4.90 Å². The zero-order valence-corrected chi connectivity index (χ0v) is 14.2. The first-order chi connectivity index (χ1) is 11.4. The average molecular weight is 366 g/mol. The molecule has 0 fully saturated rings. The van der Waals surface area contributed by atoms with Crippen molar-refractivity contribution in [1.29, 1.82) is 5.41 Å². The fourth-order valence-electron chi connectivity index (χ4n) is 1.75. The molecule has 1 aromatic heterocycles. The van der Waals surface area contributed by atoms with Gasteiger partial charge in [-0.05, 0) is 5.56 Å².